The van der Waals surface area contributed by atoms with Crippen molar-refractivity contribution >= 4 is 11.6 Å². The molecule has 0 aliphatic carbocycles. The maximum absolute atomic E-state index is 13.6. The molecule has 0 saturated carbocycles. The molecule has 0 heterocycles. The summed E-state index contributed by atoms with van der Waals surface area (Å²) in [7, 11) is 0. The van der Waals surface area contributed by atoms with Crippen molar-refractivity contribution in [3.63, 3.8) is 0 Å². The van der Waals surface area contributed by atoms with E-state index in [0.29, 0.717) is 30.3 Å². The largest absolute Gasteiger partial charge is 0.494 e. The fourth-order valence-corrected chi connectivity index (χ4v) is 2.59. The van der Waals surface area contributed by atoms with Crippen molar-refractivity contribution in [1.82, 2.24) is 0 Å². The molecule has 2 aromatic rings. The lowest BCUT2D eigenvalue weighted by Crippen LogP contribution is -2.16. The lowest BCUT2D eigenvalue weighted by molar-refractivity contribution is 0.333. The van der Waals surface area contributed by atoms with Gasteiger partial charge in [-0.1, -0.05) is 29.8 Å². The topological polar surface area (TPSA) is 35.2 Å². The van der Waals surface area contributed by atoms with Crippen molar-refractivity contribution in [3.8, 4) is 5.75 Å². The second kappa shape index (κ2) is 7.43. The molecule has 2 N–H and O–H groups in total. The van der Waals surface area contributed by atoms with Crippen molar-refractivity contribution in [2.24, 2.45) is 5.73 Å². The predicted molar refractivity (Wildman–Crippen MR) is 84.5 cm³/mol. The van der Waals surface area contributed by atoms with Gasteiger partial charge in [-0.3, -0.25) is 0 Å². The molecule has 0 aliphatic rings. The maximum Gasteiger partial charge on any atom is 0.123 e. The van der Waals surface area contributed by atoms with E-state index in [2.05, 4.69) is 0 Å². The fraction of sp³-hybridized carbons (Fsp3) is 0.294. The van der Waals surface area contributed by atoms with Crippen molar-refractivity contribution in [2.75, 3.05) is 13.2 Å². The van der Waals surface area contributed by atoms with Crippen LogP contribution in [0.15, 0.2) is 42.5 Å². The van der Waals surface area contributed by atoms with Crippen LogP contribution in [0.1, 0.15) is 24.0 Å². The van der Waals surface area contributed by atoms with E-state index in [1.807, 2.05) is 31.2 Å². The van der Waals surface area contributed by atoms with Gasteiger partial charge in [0.15, 0.2) is 0 Å². The Morgan fingerprint density at radius 2 is 2.00 bits per heavy atom. The normalized spacial score (nSPS) is 12.2. The van der Waals surface area contributed by atoms with E-state index >= 15 is 0 Å². The van der Waals surface area contributed by atoms with Crippen LogP contribution in [0.5, 0.6) is 5.75 Å². The highest BCUT2D eigenvalue weighted by Crippen LogP contribution is 2.31. The van der Waals surface area contributed by atoms with Gasteiger partial charge < -0.3 is 10.5 Å². The fourth-order valence-electron chi connectivity index (χ4n) is 2.37. The Morgan fingerprint density at radius 3 is 2.67 bits per heavy atom. The molecule has 1 unspecified atom stereocenters. The van der Waals surface area contributed by atoms with Crippen molar-refractivity contribution < 1.29 is 9.13 Å². The molecule has 21 heavy (non-hydrogen) atoms. The van der Waals surface area contributed by atoms with Crippen LogP contribution in [0.4, 0.5) is 4.39 Å². The van der Waals surface area contributed by atoms with Crippen LogP contribution < -0.4 is 10.5 Å². The Kier molecular flexibility index (Phi) is 5.59. The first-order chi connectivity index (χ1) is 10.2. The van der Waals surface area contributed by atoms with Crippen LogP contribution in [-0.2, 0) is 6.42 Å². The first-order valence-corrected chi connectivity index (χ1v) is 7.39. The Hall–Kier alpha value is -1.58. The van der Waals surface area contributed by atoms with Gasteiger partial charge >= 0.3 is 0 Å². The molecule has 2 aromatic carbocycles. The summed E-state index contributed by atoms with van der Waals surface area (Å²) in [4.78, 5) is 0. The molecular weight excluding hydrogens is 289 g/mol. The smallest absolute Gasteiger partial charge is 0.123 e. The molecule has 4 heteroatoms. The average Bonchev–Trinajstić information content (AvgIpc) is 2.49. The standard InChI is InChI=1S/C17H19ClFNO/c1-2-21-17-8-7-14(19)10-15(17)13(11-20)9-12-5-3-4-6-16(12)18/h3-8,10,13H,2,9,11,20H2,1H3. The van der Waals surface area contributed by atoms with Crippen molar-refractivity contribution in [3.05, 3.63) is 64.4 Å². The van der Waals surface area contributed by atoms with E-state index in [-0.39, 0.29) is 11.7 Å². The Morgan fingerprint density at radius 1 is 1.24 bits per heavy atom. The molecule has 0 saturated heterocycles. The maximum atomic E-state index is 13.6. The predicted octanol–water partition coefficient (Wildman–Crippen LogP) is 4.16. The van der Waals surface area contributed by atoms with E-state index < -0.39 is 0 Å². The second-order valence-electron chi connectivity index (χ2n) is 4.84. The van der Waals surface area contributed by atoms with E-state index in [9.17, 15) is 4.39 Å². The molecule has 0 fully saturated rings. The number of hydrogen-bond acceptors (Lipinski definition) is 2. The van der Waals surface area contributed by atoms with Crippen LogP contribution in [0, 0.1) is 5.82 Å². The molecule has 1 atom stereocenters. The number of ether oxygens (including phenoxy) is 1. The van der Waals surface area contributed by atoms with Gasteiger partial charge in [0.1, 0.15) is 11.6 Å². The number of halogens is 2. The number of hydrogen-bond donors (Lipinski definition) is 1. The second-order valence-corrected chi connectivity index (χ2v) is 5.25. The molecule has 0 amide bonds. The summed E-state index contributed by atoms with van der Waals surface area (Å²) >= 11 is 6.20. The molecular formula is C17H19ClFNO. The number of rotatable bonds is 6. The van der Waals surface area contributed by atoms with Gasteiger partial charge in [0.2, 0.25) is 0 Å². The van der Waals surface area contributed by atoms with Gasteiger partial charge in [0, 0.05) is 16.5 Å². The summed E-state index contributed by atoms with van der Waals surface area (Å²) in [5, 5.41) is 0.699. The summed E-state index contributed by atoms with van der Waals surface area (Å²) in [5.74, 6) is 0.356. The average molecular weight is 308 g/mol. The quantitative estimate of drug-likeness (QED) is 0.869. The summed E-state index contributed by atoms with van der Waals surface area (Å²) in [6, 6.07) is 12.2. The molecule has 0 radical (unpaired) electrons. The third-order valence-electron chi connectivity index (χ3n) is 3.42. The summed E-state index contributed by atoms with van der Waals surface area (Å²) < 4.78 is 19.2. The lowest BCUT2D eigenvalue weighted by atomic mass is 9.91. The minimum absolute atomic E-state index is 0.0397. The van der Waals surface area contributed by atoms with Gasteiger partial charge in [0.05, 0.1) is 6.61 Å². The Bertz CT molecular complexity index is 603. The van der Waals surface area contributed by atoms with E-state index in [1.54, 1.807) is 6.07 Å². The van der Waals surface area contributed by atoms with Crippen LogP contribution in [0.2, 0.25) is 5.02 Å². The summed E-state index contributed by atoms with van der Waals surface area (Å²) in [6.45, 7) is 2.83. The molecule has 0 aromatic heterocycles. The highest BCUT2D eigenvalue weighted by molar-refractivity contribution is 6.31. The molecule has 2 nitrogen and oxygen atoms in total. The molecule has 2 rings (SSSR count). The lowest BCUT2D eigenvalue weighted by Gasteiger charge is -2.19. The highest BCUT2D eigenvalue weighted by atomic mass is 35.5. The van der Waals surface area contributed by atoms with E-state index in [1.165, 1.54) is 12.1 Å². The summed E-state index contributed by atoms with van der Waals surface area (Å²) in [6.07, 6.45) is 0.652. The summed E-state index contributed by atoms with van der Waals surface area (Å²) in [5.41, 5.74) is 7.69. The van der Waals surface area contributed by atoms with Crippen LogP contribution >= 0.6 is 11.6 Å². The van der Waals surface area contributed by atoms with Crippen LogP contribution in [-0.4, -0.2) is 13.2 Å². The van der Waals surface area contributed by atoms with Crippen LogP contribution in [0.3, 0.4) is 0 Å². The third kappa shape index (κ3) is 3.96. The van der Waals surface area contributed by atoms with Crippen molar-refractivity contribution in [2.45, 2.75) is 19.3 Å². The van der Waals surface area contributed by atoms with E-state index in [4.69, 9.17) is 22.1 Å². The van der Waals surface area contributed by atoms with Gasteiger partial charge in [0.25, 0.3) is 0 Å². The van der Waals surface area contributed by atoms with Crippen molar-refractivity contribution in [1.29, 1.82) is 0 Å². The molecule has 0 spiro atoms. The molecule has 112 valence electrons. The Balaban J connectivity index is 2.33. The Labute approximate surface area is 129 Å². The zero-order valence-corrected chi connectivity index (χ0v) is 12.7. The van der Waals surface area contributed by atoms with Crippen LogP contribution in [0.25, 0.3) is 0 Å². The monoisotopic (exact) mass is 307 g/mol. The van der Waals surface area contributed by atoms with Gasteiger partial charge in [-0.05, 0) is 49.7 Å². The first-order valence-electron chi connectivity index (χ1n) is 7.01. The molecule has 0 aliphatic heterocycles. The third-order valence-corrected chi connectivity index (χ3v) is 3.79. The SMILES string of the molecule is CCOc1ccc(F)cc1C(CN)Cc1ccccc1Cl. The number of nitrogens with two attached hydrogens (primary N) is 1. The minimum Gasteiger partial charge on any atom is -0.494 e. The van der Waals surface area contributed by atoms with Gasteiger partial charge in [-0.15, -0.1) is 0 Å². The van der Waals surface area contributed by atoms with E-state index in [0.717, 1.165) is 11.1 Å². The zero-order valence-electron chi connectivity index (χ0n) is 12.0. The zero-order chi connectivity index (χ0) is 15.2. The highest BCUT2D eigenvalue weighted by Gasteiger charge is 2.17. The van der Waals surface area contributed by atoms with Gasteiger partial charge in [-0.25, -0.2) is 4.39 Å². The van der Waals surface area contributed by atoms with Gasteiger partial charge in [-0.2, -0.15) is 0 Å². The minimum atomic E-state index is -0.286. The molecule has 0 bridgehead atoms. The number of benzene rings is 2. The first kappa shape index (κ1) is 15.8.